The van der Waals surface area contributed by atoms with E-state index >= 15 is 0 Å². The SMILES string of the molecule is O=C1c2ccnc(-c3ccccc3OCC(F)(F)F)c2CN1c1cnn(CC2(F)CC2)c1. The van der Waals surface area contributed by atoms with E-state index in [0.29, 0.717) is 40.9 Å². The molecule has 0 radical (unpaired) electrons. The molecule has 1 aromatic carbocycles. The molecule has 0 unspecified atom stereocenters. The molecular formula is C22H18F4N4O2. The van der Waals surface area contributed by atoms with Gasteiger partial charge in [-0.2, -0.15) is 18.3 Å². The molecular weight excluding hydrogens is 428 g/mol. The molecule has 10 heteroatoms. The Kier molecular flexibility index (Phi) is 4.68. The summed E-state index contributed by atoms with van der Waals surface area (Å²) in [4.78, 5) is 18.9. The molecule has 3 heterocycles. The van der Waals surface area contributed by atoms with Crippen LogP contribution in [0.4, 0.5) is 23.2 Å². The first-order valence-corrected chi connectivity index (χ1v) is 10.0. The van der Waals surface area contributed by atoms with Crippen LogP contribution in [0, 0.1) is 0 Å². The van der Waals surface area contributed by atoms with Crippen LogP contribution in [0.25, 0.3) is 11.3 Å². The average Bonchev–Trinajstić information content (AvgIpc) is 3.15. The highest BCUT2D eigenvalue weighted by molar-refractivity contribution is 6.11. The monoisotopic (exact) mass is 446 g/mol. The van der Waals surface area contributed by atoms with Gasteiger partial charge in [-0.1, -0.05) is 12.1 Å². The summed E-state index contributed by atoms with van der Waals surface area (Å²) >= 11 is 0. The number of hydrogen-bond donors (Lipinski definition) is 0. The topological polar surface area (TPSA) is 60.2 Å². The van der Waals surface area contributed by atoms with Crippen molar-refractivity contribution < 1.29 is 27.1 Å². The van der Waals surface area contributed by atoms with Crippen molar-refractivity contribution in [2.45, 2.75) is 37.8 Å². The number of fused-ring (bicyclic) bond motifs is 1. The molecule has 166 valence electrons. The Morgan fingerprint density at radius 1 is 1.12 bits per heavy atom. The number of halogens is 4. The van der Waals surface area contributed by atoms with Crippen molar-refractivity contribution >= 4 is 11.6 Å². The number of ether oxygens (including phenoxy) is 1. The lowest BCUT2D eigenvalue weighted by atomic mass is 10.0. The Morgan fingerprint density at radius 2 is 1.91 bits per heavy atom. The fourth-order valence-corrected chi connectivity index (χ4v) is 3.78. The predicted octanol–water partition coefficient (Wildman–Crippen LogP) is 4.55. The van der Waals surface area contributed by atoms with Gasteiger partial charge in [0.1, 0.15) is 11.4 Å². The number of alkyl halides is 4. The van der Waals surface area contributed by atoms with Crippen LogP contribution in [0.5, 0.6) is 5.75 Å². The lowest BCUT2D eigenvalue weighted by Crippen LogP contribution is -2.22. The maximum atomic E-state index is 14.0. The Morgan fingerprint density at radius 3 is 2.66 bits per heavy atom. The first kappa shape index (κ1) is 20.5. The number of pyridine rings is 1. The number of anilines is 1. The lowest BCUT2D eigenvalue weighted by molar-refractivity contribution is -0.153. The molecule has 1 fully saturated rings. The van der Waals surface area contributed by atoms with Gasteiger partial charge in [-0.05, 0) is 31.0 Å². The smallest absolute Gasteiger partial charge is 0.422 e. The van der Waals surface area contributed by atoms with E-state index in [1.165, 1.54) is 28.0 Å². The average molecular weight is 446 g/mol. The number of hydrogen-bond acceptors (Lipinski definition) is 4. The molecule has 1 saturated carbocycles. The number of rotatable bonds is 6. The van der Waals surface area contributed by atoms with Gasteiger partial charge in [0.15, 0.2) is 6.61 Å². The third kappa shape index (κ3) is 3.92. The van der Waals surface area contributed by atoms with Crippen molar-refractivity contribution in [1.29, 1.82) is 0 Å². The molecule has 2 aromatic heterocycles. The molecule has 5 rings (SSSR count). The maximum absolute atomic E-state index is 14.0. The molecule has 0 spiro atoms. The molecule has 0 bridgehead atoms. The summed E-state index contributed by atoms with van der Waals surface area (Å²) < 4.78 is 58.5. The minimum Gasteiger partial charge on any atom is -0.483 e. The van der Waals surface area contributed by atoms with Crippen LogP contribution in [0.1, 0.15) is 28.8 Å². The van der Waals surface area contributed by atoms with Crippen molar-refractivity contribution in [3.05, 3.63) is 60.0 Å². The van der Waals surface area contributed by atoms with Gasteiger partial charge in [-0.15, -0.1) is 0 Å². The molecule has 3 aromatic rings. The van der Waals surface area contributed by atoms with E-state index in [4.69, 9.17) is 4.74 Å². The van der Waals surface area contributed by atoms with Gasteiger partial charge < -0.3 is 9.64 Å². The third-order valence-corrected chi connectivity index (χ3v) is 5.55. The van der Waals surface area contributed by atoms with Crippen molar-refractivity contribution in [3.63, 3.8) is 0 Å². The summed E-state index contributed by atoms with van der Waals surface area (Å²) in [5.41, 5.74) is 1.02. The van der Waals surface area contributed by atoms with Gasteiger partial charge in [-0.25, -0.2) is 4.39 Å². The highest BCUT2D eigenvalue weighted by Crippen LogP contribution is 2.42. The summed E-state index contributed by atoms with van der Waals surface area (Å²) in [6.45, 7) is -1.13. The summed E-state index contributed by atoms with van der Waals surface area (Å²) in [6, 6.07) is 7.86. The molecule has 0 N–H and O–H groups in total. The number of carbonyl (C=O) groups is 1. The number of para-hydroxylation sites is 1. The molecule has 1 aliphatic carbocycles. The van der Waals surface area contributed by atoms with Crippen LogP contribution in [-0.4, -0.2) is 39.1 Å². The molecule has 6 nitrogen and oxygen atoms in total. The van der Waals surface area contributed by atoms with Crippen LogP contribution in [0.2, 0.25) is 0 Å². The number of benzene rings is 1. The van der Waals surface area contributed by atoms with Crippen molar-refractivity contribution in [2.24, 2.45) is 0 Å². The normalized spacial score (nSPS) is 16.9. The predicted molar refractivity (Wildman–Crippen MR) is 107 cm³/mol. The van der Waals surface area contributed by atoms with E-state index in [0.717, 1.165) is 0 Å². The van der Waals surface area contributed by atoms with Gasteiger partial charge in [-0.3, -0.25) is 14.5 Å². The molecule has 1 aliphatic heterocycles. The number of aromatic nitrogens is 3. The van der Waals surface area contributed by atoms with Crippen LogP contribution < -0.4 is 9.64 Å². The summed E-state index contributed by atoms with van der Waals surface area (Å²) in [7, 11) is 0. The Labute approximate surface area is 180 Å². The van der Waals surface area contributed by atoms with Crippen molar-refractivity contribution in [3.8, 4) is 17.0 Å². The van der Waals surface area contributed by atoms with Gasteiger partial charge >= 0.3 is 6.18 Å². The van der Waals surface area contributed by atoms with Gasteiger partial charge in [0, 0.05) is 29.1 Å². The summed E-state index contributed by atoms with van der Waals surface area (Å²) in [5.74, 6) is -0.250. The van der Waals surface area contributed by atoms with Crippen LogP contribution >= 0.6 is 0 Å². The minimum absolute atomic E-state index is 0.0297. The fraction of sp³-hybridized carbons (Fsp3) is 0.318. The second-order valence-electron chi connectivity index (χ2n) is 8.02. The Hall–Kier alpha value is -3.43. The Balaban J connectivity index is 1.45. The molecule has 2 aliphatic rings. The zero-order valence-corrected chi connectivity index (χ0v) is 16.8. The molecule has 1 amide bonds. The van der Waals surface area contributed by atoms with Crippen LogP contribution in [0.3, 0.4) is 0 Å². The summed E-state index contributed by atoms with van der Waals surface area (Å²) in [5, 5.41) is 4.17. The molecule has 0 atom stereocenters. The highest BCUT2D eigenvalue weighted by atomic mass is 19.4. The summed E-state index contributed by atoms with van der Waals surface area (Å²) in [6.07, 6.45) is 1.09. The van der Waals surface area contributed by atoms with Gasteiger partial charge in [0.05, 0.1) is 30.7 Å². The number of carbonyl (C=O) groups excluding carboxylic acids is 1. The number of amides is 1. The molecule has 0 saturated heterocycles. The van der Waals surface area contributed by atoms with Gasteiger partial charge in [0.2, 0.25) is 0 Å². The Bertz CT molecular complexity index is 1190. The lowest BCUT2D eigenvalue weighted by Gasteiger charge is -2.15. The third-order valence-electron chi connectivity index (χ3n) is 5.55. The fourth-order valence-electron chi connectivity index (χ4n) is 3.78. The van der Waals surface area contributed by atoms with E-state index in [1.807, 2.05) is 0 Å². The van der Waals surface area contributed by atoms with E-state index in [9.17, 15) is 22.4 Å². The zero-order chi connectivity index (χ0) is 22.5. The number of nitrogens with zero attached hydrogens (tertiary/aromatic N) is 4. The minimum atomic E-state index is -4.48. The highest BCUT2D eigenvalue weighted by Gasteiger charge is 2.44. The quantitative estimate of drug-likeness (QED) is 0.522. The van der Waals surface area contributed by atoms with E-state index in [1.54, 1.807) is 30.5 Å². The second-order valence-corrected chi connectivity index (χ2v) is 8.02. The standard InChI is InChI=1S/C22H18F4N4O2/c23-21(6-7-21)12-29-10-14(9-28-29)30-11-17-15(20(30)31)5-8-27-19(17)16-3-1-2-4-18(16)32-13-22(24,25)26/h1-5,8-10H,6-7,11-13H2. The van der Waals surface area contributed by atoms with Crippen LogP contribution in [0.15, 0.2) is 48.9 Å². The first-order valence-electron chi connectivity index (χ1n) is 10.0. The van der Waals surface area contributed by atoms with Crippen LogP contribution in [-0.2, 0) is 13.1 Å². The molecule has 32 heavy (non-hydrogen) atoms. The first-order chi connectivity index (χ1) is 15.2. The maximum Gasteiger partial charge on any atom is 0.422 e. The van der Waals surface area contributed by atoms with E-state index < -0.39 is 18.5 Å². The largest absolute Gasteiger partial charge is 0.483 e. The van der Waals surface area contributed by atoms with Gasteiger partial charge in [0.25, 0.3) is 5.91 Å². The van der Waals surface area contributed by atoms with E-state index in [2.05, 4.69) is 10.1 Å². The van der Waals surface area contributed by atoms with Crippen molar-refractivity contribution in [2.75, 3.05) is 11.5 Å². The van der Waals surface area contributed by atoms with E-state index in [-0.39, 0.29) is 24.7 Å². The zero-order valence-electron chi connectivity index (χ0n) is 16.8. The van der Waals surface area contributed by atoms with Crippen molar-refractivity contribution in [1.82, 2.24) is 14.8 Å². The second kappa shape index (κ2) is 7.32.